The van der Waals surface area contributed by atoms with Crippen molar-refractivity contribution in [2.45, 2.75) is 24.8 Å². The number of carbonyl (C=O) groups excluding carboxylic acids is 1. The molecule has 3 aromatic rings. The van der Waals surface area contributed by atoms with Crippen LogP contribution in [0.25, 0.3) is 10.6 Å². The molecule has 0 aliphatic rings. The summed E-state index contributed by atoms with van der Waals surface area (Å²) in [7, 11) is -4.17. The number of nitrogens with one attached hydrogen (secondary N) is 3. The fourth-order valence-electron chi connectivity index (χ4n) is 2.34. The van der Waals surface area contributed by atoms with Crippen LogP contribution in [0.15, 0.2) is 47.4 Å². The Hall–Kier alpha value is -2.56. The molecule has 2 heterocycles. The first-order valence-corrected chi connectivity index (χ1v) is 10.3. The number of anilines is 1. The van der Waals surface area contributed by atoms with E-state index in [1.54, 1.807) is 17.4 Å². The van der Waals surface area contributed by atoms with E-state index in [9.17, 15) is 17.6 Å². The molecule has 1 aromatic carbocycles. The first-order chi connectivity index (χ1) is 12.8. The van der Waals surface area contributed by atoms with Gasteiger partial charge >= 0.3 is 0 Å². The smallest absolute Gasteiger partial charge is 0.244 e. The average Bonchev–Trinajstić information content (AvgIpc) is 3.23. The normalized spacial score (nSPS) is 12.7. The Bertz CT molecular complexity index is 1080. The summed E-state index contributed by atoms with van der Waals surface area (Å²) in [4.78, 5) is 13.9. The summed E-state index contributed by atoms with van der Waals surface area (Å²) in [5, 5.41) is 9.35. The number of hydrogen-bond donors (Lipinski definition) is 3. The number of sulfonamides is 1. The first kappa shape index (κ1) is 19.2. The maximum atomic E-state index is 13.7. The third-order valence-electron chi connectivity index (χ3n) is 3.69. The Balaban J connectivity index is 1.68. The maximum absolute atomic E-state index is 13.7. The molecule has 0 aliphatic carbocycles. The molecule has 0 bridgehead atoms. The highest BCUT2D eigenvalue weighted by molar-refractivity contribution is 7.89. The summed E-state index contributed by atoms with van der Waals surface area (Å²) in [6.07, 6.45) is 0. The van der Waals surface area contributed by atoms with Gasteiger partial charge in [0.25, 0.3) is 0 Å². The predicted octanol–water partition coefficient (Wildman–Crippen LogP) is 2.89. The van der Waals surface area contributed by atoms with Crippen molar-refractivity contribution >= 4 is 33.1 Å². The van der Waals surface area contributed by atoms with Gasteiger partial charge in [-0.25, -0.2) is 12.8 Å². The van der Waals surface area contributed by atoms with Crippen molar-refractivity contribution in [2.75, 3.05) is 5.32 Å². The number of thiophene rings is 1. The maximum Gasteiger partial charge on any atom is 0.244 e. The van der Waals surface area contributed by atoms with Crippen molar-refractivity contribution in [1.82, 2.24) is 14.9 Å². The van der Waals surface area contributed by atoms with Gasteiger partial charge in [0.05, 0.1) is 16.6 Å². The lowest BCUT2D eigenvalue weighted by molar-refractivity contribution is -0.117. The average molecular weight is 408 g/mol. The van der Waals surface area contributed by atoms with Crippen LogP contribution in [0, 0.1) is 12.7 Å². The number of amides is 1. The van der Waals surface area contributed by atoms with E-state index in [-0.39, 0.29) is 5.82 Å². The molecule has 142 valence electrons. The lowest BCUT2D eigenvalue weighted by Gasteiger charge is -2.13. The largest absolute Gasteiger partial charge is 0.308 e. The number of aromatic amines is 1. The zero-order valence-electron chi connectivity index (χ0n) is 14.5. The first-order valence-electron chi connectivity index (χ1n) is 7.96. The van der Waals surface area contributed by atoms with E-state index < -0.39 is 32.7 Å². The molecule has 0 saturated heterocycles. The van der Waals surface area contributed by atoms with Crippen LogP contribution < -0.4 is 10.0 Å². The molecule has 1 amide bonds. The number of rotatable bonds is 6. The van der Waals surface area contributed by atoms with Gasteiger partial charge in [0.2, 0.25) is 15.9 Å². The molecule has 2 aromatic heterocycles. The Morgan fingerprint density at radius 3 is 2.67 bits per heavy atom. The number of halogens is 1. The number of carbonyl (C=O) groups is 1. The third kappa shape index (κ3) is 4.41. The molecule has 10 heteroatoms. The molecule has 0 fully saturated rings. The topological polar surface area (TPSA) is 104 Å². The van der Waals surface area contributed by atoms with E-state index >= 15 is 0 Å². The Labute approximate surface area is 159 Å². The van der Waals surface area contributed by atoms with Crippen molar-refractivity contribution in [3.63, 3.8) is 0 Å². The molecule has 3 rings (SSSR count). The van der Waals surface area contributed by atoms with Crippen molar-refractivity contribution < 1.29 is 17.6 Å². The van der Waals surface area contributed by atoms with Crippen LogP contribution in [0.2, 0.25) is 0 Å². The molecule has 0 spiro atoms. The number of hydrogen-bond acceptors (Lipinski definition) is 5. The van der Waals surface area contributed by atoms with Gasteiger partial charge < -0.3 is 5.32 Å². The summed E-state index contributed by atoms with van der Waals surface area (Å²) in [5.41, 5.74) is 0.739. The van der Waals surface area contributed by atoms with Gasteiger partial charge in [-0.05, 0) is 38.1 Å². The Morgan fingerprint density at radius 2 is 2.00 bits per heavy atom. The van der Waals surface area contributed by atoms with Crippen LogP contribution in [0.4, 0.5) is 10.2 Å². The van der Waals surface area contributed by atoms with Gasteiger partial charge in [-0.2, -0.15) is 9.82 Å². The lowest BCUT2D eigenvalue weighted by atomic mass is 10.3. The van der Waals surface area contributed by atoms with Crippen LogP contribution in [-0.2, 0) is 14.8 Å². The fourth-order valence-corrected chi connectivity index (χ4v) is 4.45. The second kappa shape index (κ2) is 7.59. The van der Waals surface area contributed by atoms with Crippen LogP contribution in [-0.4, -0.2) is 30.6 Å². The van der Waals surface area contributed by atoms with Gasteiger partial charge in [0.15, 0.2) is 5.82 Å². The predicted molar refractivity (Wildman–Crippen MR) is 101 cm³/mol. The highest BCUT2D eigenvalue weighted by Crippen LogP contribution is 2.27. The molecular formula is C17H17FN4O3S2. The molecule has 1 atom stereocenters. The van der Waals surface area contributed by atoms with Crippen LogP contribution in [0.1, 0.15) is 11.8 Å². The zero-order chi connectivity index (χ0) is 19.6. The summed E-state index contributed by atoms with van der Waals surface area (Å²) < 4.78 is 40.4. The van der Waals surface area contributed by atoms with Crippen LogP contribution >= 0.6 is 11.3 Å². The van der Waals surface area contributed by atoms with Gasteiger partial charge in [-0.15, -0.1) is 11.3 Å². The highest BCUT2D eigenvalue weighted by Gasteiger charge is 2.25. The second-order valence-electron chi connectivity index (χ2n) is 5.84. The third-order valence-corrected chi connectivity index (χ3v) is 6.29. The van der Waals surface area contributed by atoms with Crippen molar-refractivity contribution in [3.05, 3.63) is 53.2 Å². The van der Waals surface area contributed by atoms with Crippen molar-refractivity contribution in [2.24, 2.45) is 0 Å². The molecular weight excluding hydrogens is 391 g/mol. The van der Waals surface area contributed by atoms with Gasteiger partial charge in [0.1, 0.15) is 10.7 Å². The van der Waals surface area contributed by atoms with E-state index in [1.807, 2.05) is 19.1 Å². The Kier molecular flexibility index (Phi) is 5.40. The van der Waals surface area contributed by atoms with Crippen LogP contribution in [0.3, 0.4) is 0 Å². The summed E-state index contributed by atoms with van der Waals surface area (Å²) in [5.74, 6) is -1.24. The summed E-state index contributed by atoms with van der Waals surface area (Å²) in [6, 6.07) is 9.39. The monoisotopic (exact) mass is 408 g/mol. The molecule has 0 radical (unpaired) electrons. The molecule has 3 N–H and O–H groups in total. The van der Waals surface area contributed by atoms with E-state index in [1.165, 1.54) is 19.1 Å². The molecule has 27 heavy (non-hydrogen) atoms. The minimum absolute atomic E-state index is 0.262. The zero-order valence-corrected chi connectivity index (χ0v) is 16.1. The molecule has 0 saturated carbocycles. The van der Waals surface area contributed by atoms with Crippen molar-refractivity contribution in [3.8, 4) is 10.6 Å². The SMILES string of the molecule is Cc1ccc(-c2cc(NC(=O)[C@H](C)NS(=O)(=O)c3ccccc3F)n[nH]2)s1. The van der Waals surface area contributed by atoms with Gasteiger partial charge in [0, 0.05) is 10.9 Å². The number of aromatic nitrogens is 2. The van der Waals surface area contributed by atoms with Gasteiger partial charge in [-0.3, -0.25) is 9.89 Å². The minimum Gasteiger partial charge on any atom is -0.308 e. The minimum atomic E-state index is -4.17. The van der Waals surface area contributed by atoms with Crippen LogP contribution in [0.5, 0.6) is 0 Å². The van der Waals surface area contributed by atoms with E-state index in [2.05, 4.69) is 20.2 Å². The van der Waals surface area contributed by atoms with E-state index in [0.717, 1.165) is 27.6 Å². The number of H-pyrrole nitrogens is 1. The second-order valence-corrected chi connectivity index (χ2v) is 8.81. The van der Waals surface area contributed by atoms with Crippen molar-refractivity contribution in [1.29, 1.82) is 0 Å². The molecule has 0 unspecified atom stereocenters. The number of aryl methyl sites for hydroxylation is 1. The fraction of sp³-hybridized carbons (Fsp3) is 0.176. The molecule has 7 nitrogen and oxygen atoms in total. The van der Waals surface area contributed by atoms with E-state index in [4.69, 9.17) is 0 Å². The number of nitrogens with zero attached hydrogens (tertiary/aromatic N) is 1. The Morgan fingerprint density at radius 1 is 1.26 bits per heavy atom. The number of benzene rings is 1. The van der Waals surface area contributed by atoms with Gasteiger partial charge in [-0.1, -0.05) is 12.1 Å². The van der Waals surface area contributed by atoms with E-state index in [0.29, 0.717) is 0 Å². The quantitative estimate of drug-likeness (QED) is 0.583. The summed E-state index contributed by atoms with van der Waals surface area (Å²) >= 11 is 1.58. The standard InChI is InChI=1S/C17H17FN4O3S2/c1-10-7-8-14(26-10)13-9-16(21-20-13)19-17(23)11(2)22-27(24,25)15-6-4-3-5-12(15)18/h3-9,11,22H,1-2H3,(H2,19,20,21,23)/t11-/m0/s1. The highest BCUT2D eigenvalue weighted by atomic mass is 32.2. The molecule has 0 aliphatic heterocycles. The summed E-state index contributed by atoms with van der Waals surface area (Å²) in [6.45, 7) is 3.35. The lowest BCUT2D eigenvalue weighted by Crippen LogP contribution is -2.41.